The minimum absolute atomic E-state index is 1.02. The van der Waals surface area contributed by atoms with Crippen LogP contribution in [0.4, 0.5) is 0 Å². The zero-order chi connectivity index (χ0) is 26.5. The lowest BCUT2D eigenvalue weighted by Gasteiger charge is -2.20. The van der Waals surface area contributed by atoms with Gasteiger partial charge in [-0.1, -0.05) is 120 Å². The minimum atomic E-state index is 1.02. The van der Waals surface area contributed by atoms with Gasteiger partial charge in [0.15, 0.2) is 0 Å². The van der Waals surface area contributed by atoms with Gasteiger partial charge >= 0.3 is 0 Å². The summed E-state index contributed by atoms with van der Waals surface area (Å²) in [5, 5.41) is 12.2. The zero-order valence-corrected chi connectivity index (χ0v) is 22.3. The maximum absolute atomic E-state index is 5.48. The highest BCUT2D eigenvalue weighted by molar-refractivity contribution is 6.39. The molecule has 2 nitrogen and oxygen atoms in total. The van der Waals surface area contributed by atoms with Crippen molar-refractivity contribution >= 4 is 64.9 Å². The van der Waals surface area contributed by atoms with Crippen LogP contribution in [-0.4, -0.2) is 9.97 Å². The molecule has 0 amide bonds. The van der Waals surface area contributed by atoms with Gasteiger partial charge in [-0.2, -0.15) is 0 Å². The van der Waals surface area contributed by atoms with Gasteiger partial charge in [0.05, 0.1) is 22.4 Å². The summed E-state index contributed by atoms with van der Waals surface area (Å²) in [6.07, 6.45) is 0. The van der Waals surface area contributed by atoms with Gasteiger partial charge in [0.25, 0.3) is 0 Å². The van der Waals surface area contributed by atoms with Gasteiger partial charge in [0.2, 0.25) is 0 Å². The molecule has 0 fully saturated rings. The molecule has 2 heterocycles. The van der Waals surface area contributed by atoms with Crippen molar-refractivity contribution in [3.8, 4) is 22.5 Å². The summed E-state index contributed by atoms with van der Waals surface area (Å²) >= 11 is 0. The van der Waals surface area contributed by atoms with E-state index in [-0.39, 0.29) is 0 Å². The van der Waals surface area contributed by atoms with E-state index in [0.717, 1.165) is 38.9 Å². The third-order valence-electron chi connectivity index (χ3n) is 8.68. The Morgan fingerprint density at radius 3 is 1.32 bits per heavy atom. The highest BCUT2D eigenvalue weighted by Crippen LogP contribution is 2.47. The zero-order valence-electron chi connectivity index (χ0n) is 22.3. The third kappa shape index (κ3) is 2.83. The van der Waals surface area contributed by atoms with Crippen molar-refractivity contribution in [2.45, 2.75) is 13.8 Å². The lowest BCUT2D eigenvalue weighted by atomic mass is 9.87. The van der Waals surface area contributed by atoms with E-state index in [2.05, 4.69) is 123 Å². The van der Waals surface area contributed by atoms with Crippen LogP contribution in [-0.2, 0) is 0 Å². The Morgan fingerprint density at radius 2 is 0.825 bits per heavy atom. The van der Waals surface area contributed by atoms with Gasteiger partial charge in [-0.15, -0.1) is 0 Å². The molecule has 2 aromatic heterocycles. The van der Waals surface area contributed by atoms with E-state index >= 15 is 0 Å². The first-order valence-corrected chi connectivity index (χ1v) is 13.8. The third-order valence-corrected chi connectivity index (χ3v) is 8.68. The first-order valence-electron chi connectivity index (χ1n) is 13.8. The number of fused-ring (bicyclic) bond motifs is 2. The lowest BCUT2D eigenvalue weighted by molar-refractivity contribution is 1.40. The molecule has 0 radical (unpaired) electrons. The largest absolute Gasteiger partial charge is 0.246 e. The van der Waals surface area contributed by atoms with Crippen LogP contribution in [0.25, 0.3) is 87.4 Å². The molecule has 7 aromatic carbocycles. The molecule has 0 unspecified atom stereocenters. The van der Waals surface area contributed by atoms with Crippen LogP contribution < -0.4 is 0 Å². The number of benzene rings is 7. The minimum Gasteiger partial charge on any atom is -0.246 e. The van der Waals surface area contributed by atoms with Crippen LogP contribution in [0.3, 0.4) is 0 Å². The van der Waals surface area contributed by atoms with Gasteiger partial charge in [0, 0.05) is 48.8 Å². The number of hydrogen-bond donors (Lipinski definition) is 0. The first kappa shape index (κ1) is 21.8. The average Bonchev–Trinajstić information content (AvgIpc) is 2.99. The number of aromatic nitrogens is 2. The monoisotopic (exact) mass is 508 g/mol. The quantitative estimate of drug-likeness (QED) is 0.171. The molecular formula is C38H24N2. The lowest BCUT2D eigenvalue weighted by Crippen LogP contribution is -1.98. The molecule has 0 N–H and O–H groups in total. The Morgan fingerprint density at radius 1 is 0.375 bits per heavy atom. The maximum Gasteiger partial charge on any atom is 0.0817 e. The topological polar surface area (TPSA) is 25.8 Å². The van der Waals surface area contributed by atoms with E-state index in [0.29, 0.717) is 0 Å². The van der Waals surface area contributed by atoms with Crippen LogP contribution >= 0.6 is 0 Å². The summed E-state index contributed by atoms with van der Waals surface area (Å²) in [4.78, 5) is 11.0. The second-order valence-corrected chi connectivity index (χ2v) is 11.1. The molecular weight excluding hydrogens is 484 g/mol. The number of rotatable bonds is 2. The first-order chi connectivity index (χ1) is 19.7. The molecule has 40 heavy (non-hydrogen) atoms. The Hall–Kier alpha value is -5.08. The summed E-state index contributed by atoms with van der Waals surface area (Å²) in [5.41, 5.74) is 8.87. The van der Waals surface area contributed by atoms with E-state index in [1.165, 1.54) is 59.6 Å². The second kappa shape index (κ2) is 7.74. The molecule has 0 aliphatic carbocycles. The summed E-state index contributed by atoms with van der Waals surface area (Å²) in [7, 11) is 0. The van der Waals surface area contributed by atoms with Crippen molar-refractivity contribution in [3.63, 3.8) is 0 Å². The molecule has 0 bridgehead atoms. The summed E-state index contributed by atoms with van der Waals surface area (Å²) < 4.78 is 0. The normalized spacial score (nSPS) is 12.2. The van der Waals surface area contributed by atoms with Gasteiger partial charge < -0.3 is 0 Å². The summed E-state index contributed by atoms with van der Waals surface area (Å²) in [5.74, 6) is 0. The maximum atomic E-state index is 5.48. The number of nitrogens with zero attached hydrogens (tertiary/aromatic N) is 2. The highest BCUT2D eigenvalue weighted by atomic mass is 14.8. The predicted octanol–water partition coefficient (Wildman–Crippen LogP) is 10.2. The van der Waals surface area contributed by atoms with Crippen molar-refractivity contribution in [2.75, 3.05) is 0 Å². The standard InChI is InChI=1S/C38H24N2/c1-21-9-13-25(14-10-21)35-27-7-4-8-28-33(27)34-37(39-35)29-19-17-23-5-3-6-24-18-20-30(32(29)31(23)24)38(34)40-36(28)26-15-11-22(2)12-16-26/h3-20H,1-2H3. The molecule has 9 rings (SSSR count). The molecule has 0 atom stereocenters. The van der Waals surface area contributed by atoms with Crippen molar-refractivity contribution in [1.82, 2.24) is 9.97 Å². The van der Waals surface area contributed by atoms with Crippen LogP contribution in [0.2, 0.25) is 0 Å². The van der Waals surface area contributed by atoms with Crippen molar-refractivity contribution in [2.24, 2.45) is 0 Å². The van der Waals surface area contributed by atoms with Gasteiger partial charge in [0.1, 0.15) is 0 Å². The van der Waals surface area contributed by atoms with Crippen LogP contribution in [0.1, 0.15) is 11.1 Å². The molecule has 0 saturated heterocycles. The fourth-order valence-electron chi connectivity index (χ4n) is 6.75. The molecule has 2 heteroatoms. The number of pyridine rings is 2. The average molecular weight is 509 g/mol. The predicted molar refractivity (Wildman–Crippen MR) is 170 cm³/mol. The molecule has 0 aliphatic heterocycles. The Bertz CT molecular complexity index is 2260. The van der Waals surface area contributed by atoms with E-state index in [4.69, 9.17) is 9.97 Å². The number of aryl methyl sites for hydroxylation is 2. The van der Waals surface area contributed by atoms with Crippen LogP contribution in [0.15, 0.2) is 109 Å². The molecule has 0 spiro atoms. The van der Waals surface area contributed by atoms with Crippen LogP contribution in [0, 0.1) is 13.8 Å². The smallest absolute Gasteiger partial charge is 0.0817 e. The van der Waals surface area contributed by atoms with Crippen LogP contribution in [0.5, 0.6) is 0 Å². The van der Waals surface area contributed by atoms with Crippen molar-refractivity contribution in [3.05, 3.63) is 120 Å². The van der Waals surface area contributed by atoms with Crippen molar-refractivity contribution < 1.29 is 0 Å². The SMILES string of the molecule is Cc1ccc(-c2nc3c4ccc5cccc6ccc(c7nc(-c8ccc(C)cc8)c8cccc2c8c37)c4c56)cc1. The fourth-order valence-corrected chi connectivity index (χ4v) is 6.75. The summed E-state index contributed by atoms with van der Waals surface area (Å²) in [6, 6.07) is 39.7. The van der Waals surface area contributed by atoms with Gasteiger partial charge in [-0.25, -0.2) is 9.97 Å². The highest BCUT2D eigenvalue weighted by Gasteiger charge is 2.23. The molecule has 9 aromatic rings. The summed E-state index contributed by atoms with van der Waals surface area (Å²) in [6.45, 7) is 4.26. The molecule has 186 valence electrons. The number of hydrogen-bond acceptors (Lipinski definition) is 2. The van der Waals surface area contributed by atoms with Gasteiger partial charge in [-0.05, 0) is 30.0 Å². The van der Waals surface area contributed by atoms with E-state index in [9.17, 15) is 0 Å². The van der Waals surface area contributed by atoms with E-state index in [1.54, 1.807) is 0 Å². The Balaban J connectivity index is 1.58. The second-order valence-electron chi connectivity index (χ2n) is 11.1. The molecule has 0 saturated carbocycles. The van der Waals surface area contributed by atoms with Crippen molar-refractivity contribution in [1.29, 1.82) is 0 Å². The molecule has 0 aliphatic rings. The fraction of sp³-hybridized carbons (Fsp3) is 0.0526. The Labute approximate surface area is 231 Å². The van der Waals surface area contributed by atoms with Gasteiger partial charge in [-0.3, -0.25) is 0 Å². The Kier molecular flexibility index (Phi) is 4.22. The van der Waals surface area contributed by atoms with E-state index < -0.39 is 0 Å². The van der Waals surface area contributed by atoms with E-state index in [1.807, 2.05) is 0 Å².